The molecule has 0 saturated heterocycles. The highest BCUT2D eigenvalue weighted by molar-refractivity contribution is 6.03. The van der Waals surface area contributed by atoms with Crippen molar-refractivity contribution in [3.63, 3.8) is 0 Å². The molecule has 36 heavy (non-hydrogen) atoms. The molecule has 4 aromatic rings. The van der Waals surface area contributed by atoms with Crippen LogP contribution >= 0.6 is 0 Å². The molecular formula is C30H31N5O. The molecule has 0 aliphatic rings. The van der Waals surface area contributed by atoms with Gasteiger partial charge < -0.3 is 10.6 Å². The van der Waals surface area contributed by atoms with Crippen molar-refractivity contribution < 1.29 is 4.79 Å². The number of anilines is 1. The largest absolute Gasteiger partial charge is 0.321 e. The van der Waals surface area contributed by atoms with E-state index in [1.165, 1.54) is 5.56 Å². The van der Waals surface area contributed by atoms with Crippen molar-refractivity contribution in [1.82, 2.24) is 15.1 Å². The maximum absolute atomic E-state index is 13.3. The van der Waals surface area contributed by atoms with E-state index >= 15 is 0 Å². The number of nitrogens with one attached hydrogen (secondary N) is 2. The molecule has 0 aliphatic carbocycles. The Hall–Kier alpha value is -4.21. The summed E-state index contributed by atoms with van der Waals surface area (Å²) in [4.78, 5) is 16.8. The first-order valence-electron chi connectivity index (χ1n) is 12.2. The molecule has 0 radical (unpaired) electrons. The number of aryl methyl sites for hydroxylation is 1. The number of nitrogens with zero attached hydrogens (tertiary/aromatic N) is 3. The molecule has 6 nitrogen and oxygen atoms in total. The van der Waals surface area contributed by atoms with E-state index in [9.17, 15) is 4.79 Å². The van der Waals surface area contributed by atoms with Gasteiger partial charge in [0.05, 0.1) is 24.0 Å². The molecule has 3 aromatic carbocycles. The molecule has 6 heteroatoms. The van der Waals surface area contributed by atoms with Crippen molar-refractivity contribution >= 4 is 17.3 Å². The molecule has 0 bridgehead atoms. The van der Waals surface area contributed by atoms with Crippen LogP contribution in [0.3, 0.4) is 0 Å². The zero-order valence-corrected chi connectivity index (χ0v) is 20.9. The number of rotatable bonds is 9. The summed E-state index contributed by atoms with van der Waals surface area (Å²) in [5.74, 6) is 0.300. The van der Waals surface area contributed by atoms with Gasteiger partial charge in [-0.05, 0) is 60.8 Å². The lowest BCUT2D eigenvalue weighted by molar-refractivity contribution is 0.101. The minimum Gasteiger partial charge on any atom is -0.321 e. The number of carbonyl (C=O) groups excluding carboxylic acids is 1. The van der Waals surface area contributed by atoms with Crippen molar-refractivity contribution in [3.05, 3.63) is 119 Å². The number of carbonyl (C=O) groups is 1. The van der Waals surface area contributed by atoms with Crippen LogP contribution in [0.25, 0.3) is 10.5 Å². The molecule has 182 valence electrons. The van der Waals surface area contributed by atoms with Gasteiger partial charge >= 0.3 is 0 Å². The van der Waals surface area contributed by atoms with E-state index in [1.807, 2.05) is 49.4 Å². The fourth-order valence-electron chi connectivity index (χ4n) is 4.08. The summed E-state index contributed by atoms with van der Waals surface area (Å²) in [5, 5.41) is 11.3. The molecule has 0 aliphatic heterocycles. The summed E-state index contributed by atoms with van der Waals surface area (Å²) < 4.78 is 1.59. The van der Waals surface area contributed by atoms with E-state index in [-0.39, 0.29) is 11.9 Å². The van der Waals surface area contributed by atoms with Crippen molar-refractivity contribution in [2.75, 3.05) is 11.9 Å². The van der Waals surface area contributed by atoms with E-state index in [1.54, 1.807) is 28.9 Å². The van der Waals surface area contributed by atoms with Crippen LogP contribution in [0.15, 0.2) is 84.9 Å². The minimum absolute atomic E-state index is 0.0150. The predicted molar refractivity (Wildman–Crippen MR) is 145 cm³/mol. The lowest BCUT2D eigenvalue weighted by atomic mass is 9.97. The van der Waals surface area contributed by atoms with Crippen molar-refractivity contribution in [2.45, 2.75) is 33.2 Å². The molecule has 0 spiro atoms. The van der Waals surface area contributed by atoms with Gasteiger partial charge in [-0.3, -0.25) is 4.79 Å². The lowest BCUT2D eigenvalue weighted by Gasteiger charge is -2.22. The van der Waals surface area contributed by atoms with Crippen LogP contribution in [0, 0.1) is 19.4 Å². The molecule has 0 saturated carbocycles. The van der Waals surface area contributed by atoms with Gasteiger partial charge in [0.15, 0.2) is 5.69 Å². The topological polar surface area (TPSA) is 63.3 Å². The number of amides is 1. The number of aromatic nitrogens is 2. The third kappa shape index (κ3) is 5.88. The average Bonchev–Trinajstić information content (AvgIpc) is 3.31. The summed E-state index contributed by atoms with van der Waals surface area (Å²) in [5.41, 5.74) is 5.28. The van der Waals surface area contributed by atoms with E-state index in [4.69, 9.17) is 6.57 Å². The number of benzene rings is 3. The maximum atomic E-state index is 13.3. The second-order valence-corrected chi connectivity index (χ2v) is 9.06. The Kier molecular flexibility index (Phi) is 7.94. The second kappa shape index (κ2) is 11.5. The van der Waals surface area contributed by atoms with Gasteiger partial charge in [-0.2, -0.15) is 5.10 Å². The van der Waals surface area contributed by atoms with Gasteiger partial charge in [0.25, 0.3) is 5.91 Å². The molecule has 0 fully saturated rings. The second-order valence-electron chi connectivity index (χ2n) is 9.06. The fraction of sp³-hybridized carbons (Fsp3) is 0.233. The van der Waals surface area contributed by atoms with Crippen LogP contribution in [0.4, 0.5) is 11.4 Å². The lowest BCUT2D eigenvalue weighted by Crippen LogP contribution is -2.27. The zero-order valence-electron chi connectivity index (χ0n) is 20.9. The fourth-order valence-corrected chi connectivity index (χ4v) is 4.08. The first kappa shape index (κ1) is 24.9. The van der Waals surface area contributed by atoms with E-state index in [2.05, 4.69) is 52.6 Å². The summed E-state index contributed by atoms with van der Waals surface area (Å²) in [6, 6.07) is 27.2. The third-order valence-corrected chi connectivity index (χ3v) is 6.25. The Labute approximate surface area is 212 Å². The van der Waals surface area contributed by atoms with Gasteiger partial charge in [0, 0.05) is 5.69 Å². The van der Waals surface area contributed by atoms with E-state index < -0.39 is 0 Å². The van der Waals surface area contributed by atoms with Crippen LogP contribution in [-0.2, 0) is 0 Å². The van der Waals surface area contributed by atoms with Gasteiger partial charge in [-0.15, -0.1) is 0 Å². The Morgan fingerprint density at radius 1 is 1.00 bits per heavy atom. The SMILES string of the molecule is [C-]#[N+]c1cccc(-n2nc(C)cc2C(=O)Nc2cccc(C(NCC(C)CC)c3ccccc3)c2)c1. The Morgan fingerprint density at radius 3 is 2.50 bits per heavy atom. The minimum atomic E-state index is -0.259. The first-order chi connectivity index (χ1) is 17.5. The van der Waals surface area contributed by atoms with Crippen molar-refractivity contribution in [2.24, 2.45) is 5.92 Å². The third-order valence-electron chi connectivity index (χ3n) is 6.25. The number of hydrogen-bond donors (Lipinski definition) is 2. The Morgan fingerprint density at radius 2 is 1.75 bits per heavy atom. The number of hydrogen-bond acceptors (Lipinski definition) is 3. The van der Waals surface area contributed by atoms with Crippen LogP contribution < -0.4 is 10.6 Å². The van der Waals surface area contributed by atoms with E-state index in [0.717, 1.165) is 24.2 Å². The highest BCUT2D eigenvalue weighted by Crippen LogP contribution is 2.26. The van der Waals surface area contributed by atoms with Gasteiger partial charge in [-0.1, -0.05) is 74.9 Å². The molecule has 1 amide bonds. The Bertz CT molecular complexity index is 1370. The van der Waals surface area contributed by atoms with E-state index in [0.29, 0.717) is 28.7 Å². The Balaban J connectivity index is 1.61. The van der Waals surface area contributed by atoms with Crippen LogP contribution in [0.2, 0.25) is 0 Å². The van der Waals surface area contributed by atoms with Gasteiger partial charge in [0.1, 0.15) is 5.69 Å². The standard InChI is InChI=1S/C30H31N5O/c1-5-21(2)20-32-29(23-11-7-6-8-12-23)24-13-9-15-26(18-24)33-30(36)28-17-22(3)34-35(28)27-16-10-14-25(19-27)31-4/h6-19,21,29,32H,5,20H2,1-3H3,(H,33,36). The van der Waals surface area contributed by atoms with Crippen LogP contribution in [0.1, 0.15) is 53.6 Å². The molecule has 1 aromatic heterocycles. The van der Waals surface area contributed by atoms with Crippen LogP contribution in [0.5, 0.6) is 0 Å². The average molecular weight is 478 g/mol. The summed E-state index contributed by atoms with van der Waals surface area (Å²) >= 11 is 0. The quantitative estimate of drug-likeness (QED) is 0.263. The van der Waals surface area contributed by atoms with Gasteiger partial charge in [-0.25, -0.2) is 9.53 Å². The normalized spacial score (nSPS) is 12.5. The summed E-state index contributed by atoms with van der Waals surface area (Å²) in [6.45, 7) is 14.5. The first-order valence-corrected chi connectivity index (χ1v) is 12.2. The summed E-state index contributed by atoms with van der Waals surface area (Å²) in [6.07, 6.45) is 1.11. The van der Waals surface area contributed by atoms with Crippen LogP contribution in [-0.4, -0.2) is 22.2 Å². The van der Waals surface area contributed by atoms with Gasteiger partial charge in [0.2, 0.25) is 0 Å². The summed E-state index contributed by atoms with van der Waals surface area (Å²) in [7, 11) is 0. The smallest absolute Gasteiger partial charge is 0.274 e. The molecule has 2 atom stereocenters. The monoisotopic (exact) mass is 477 g/mol. The molecule has 2 unspecified atom stereocenters. The van der Waals surface area contributed by atoms with Crippen molar-refractivity contribution in [3.8, 4) is 5.69 Å². The molecular weight excluding hydrogens is 446 g/mol. The highest BCUT2D eigenvalue weighted by Gasteiger charge is 2.18. The molecule has 4 rings (SSSR count). The maximum Gasteiger partial charge on any atom is 0.274 e. The molecule has 1 heterocycles. The highest BCUT2D eigenvalue weighted by atomic mass is 16.2. The zero-order chi connectivity index (χ0) is 25.5. The predicted octanol–water partition coefficient (Wildman–Crippen LogP) is 6.71. The molecule has 2 N–H and O–H groups in total. The van der Waals surface area contributed by atoms with Crippen molar-refractivity contribution in [1.29, 1.82) is 0 Å².